The molecule has 1 aliphatic rings. The van der Waals surface area contributed by atoms with Gasteiger partial charge < -0.3 is 10.1 Å². The third-order valence-electron chi connectivity index (χ3n) is 3.43. The van der Waals surface area contributed by atoms with Crippen molar-refractivity contribution in [1.29, 1.82) is 0 Å². The second-order valence-electron chi connectivity index (χ2n) is 5.21. The largest absolute Gasteiger partial charge is 0.497 e. The smallest absolute Gasteiger partial charge is 0.276 e. The fraction of sp³-hybridized carbons (Fsp3) is 0.111. The van der Waals surface area contributed by atoms with Gasteiger partial charge in [0.2, 0.25) is 5.96 Å². The van der Waals surface area contributed by atoms with Crippen LogP contribution in [-0.2, 0) is 4.79 Å². The molecule has 0 atom stereocenters. The van der Waals surface area contributed by atoms with E-state index in [4.69, 9.17) is 4.74 Å². The molecule has 1 heterocycles. The minimum absolute atomic E-state index is 0.221. The first-order valence-corrected chi connectivity index (χ1v) is 7.23. The molecule has 0 bridgehead atoms. The Hall–Kier alpha value is -3.08. The lowest BCUT2D eigenvalue weighted by atomic mass is 10.1. The Bertz CT molecular complexity index is 775. The molecule has 3 rings (SSSR count). The lowest BCUT2D eigenvalue weighted by Crippen LogP contribution is -2.29. The molecule has 2 aromatic carbocycles. The van der Waals surface area contributed by atoms with Gasteiger partial charge in [0.15, 0.2) is 0 Å². The number of nitrogens with zero attached hydrogens (tertiary/aromatic N) is 1. The number of anilines is 1. The highest BCUT2D eigenvalue weighted by molar-refractivity contribution is 6.17. The van der Waals surface area contributed by atoms with E-state index in [1.165, 1.54) is 5.56 Å². The van der Waals surface area contributed by atoms with Gasteiger partial charge in [0.1, 0.15) is 11.4 Å². The molecule has 0 saturated heterocycles. The summed E-state index contributed by atoms with van der Waals surface area (Å²) in [7, 11) is 1.62. The molecule has 2 N–H and O–H groups in total. The van der Waals surface area contributed by atoms with Gasteiger partial charge in [0, 0.05) is 5.69 Å². The number of carbonyl (C=O) groups is 1. The quantitative estimate of drug-likeness (QED) is 0.857. The third-order valence-corrected chi connectivity index (χ3v) is 3.43. The monoisotopic (exact) mass is 307 g/mol. The van der Waals surface area contributed by atoms with Crippen LogP contribution in [0.5, 0.6) is 5.75 Å². The Morgan fingerprint density at radius 3 is 2.43 bits per heavy atom. The maximum absolute atomic E-state index is 12.0. The summed E-state index contributed by atoms with van der Waals surface area (Å²) in [6.07, 6.45) is 1.76. The van der Waals surface area contributed by atoms with E-state index in [-0.39, 0.29) is 5.91 Å². The van der Waals surface area contributed by atoms with Crippen molar-refractivity contribution in [2.45, 2.75) is 6.92 Å². The average Bonchev–Trinajstić information content (AvgIpc) is 2.90. The number of amides is 1. The lowest BCUT2D eigenvalue weighted by molar-refractivity contribution is -0.115. The molecular formula is C18H17N3O2. The normalized spacial score (nSPS) is 15.3. The molecule has 116 valence electrons. The number of methoxy groups -OCH3 is 1. The topological polar surface area (TPSA) is 62.7 Å². The summed E-state index contributed by atoms with van der Waals surface area (Å²) in [6.45, 7) is 2.02. The van der Waals surface area contributed by atoms with Crippen LogP contribution in [0.25, 0.3) is 6.08 Å². The van der Waals surface area contributed by atoms with E-state index in [0.717, 1.165) is 17.0 Å². The summed E-state index contributed by atoms with van der Waals surface area (Å²) in [4.78, 5) is 16.3. The van der Waals surface area contributed by atoms with Gasteiger partial charge in [-0.15, -0.1) is 0 Å². The molecule has 0 aliphatic carbocycles. The molecule has 0 radical (unpaired) electrons. The van der Waals surface area contributed by atoms with Crippen LogP contribution in [0.2, 0.25) is 0 Å². The zero-order chi connectivity index (χ0) is 16.2. The number of hydrogen-bond acceptors (Lipinski definition) is 4. The van der Waals surface area contributed by atoms with Crippen molar-refractivity contribution < 1.29 is 9.53 Å². The molecule has 0 saturated carbocycles. The predicted octanol–water partition coefficient (Wildman–Crippen LogP) is 2.94. The molecule has 5 heteroatoms. The first kappa shape index (κ1) is 14.8. The van der Waals surface area contributed by atoms with Crippen molar-refractivity contribution in [1.82, 2.24) is 5.32 Å². The van der Waals surface area contributed by atoms with E-state index in [9.17, 15) is 4.79 Å². The summed E-state index contributed by atoms with van der Waals surface area (Å²) >= 11 is 0. The maximum Gasteiger partial charge on any atom is 0.276 e. The summed E-state index contributed by atoms with van der Waals surface area (Å²) in [5, 5.41) is 5.78. The van der Waals surface area contributed by atoms with Crippen LogP contribution in [-0.4, -0.2) is 19.0 Å². The number of aryl methyl sites for hydroxylation is 1. The number of ether oxygens (including phenoxy) is 1. The molecule has 23 heavy (non-hydrogen) atoms. The van der Waals surface area contributed by atoms with Gasteiger partial charge in [-0.05, 0) is 42.8 Å². The Morgan fingerprint density at radius 1 is 1.09 bits per heavy atom. The van der Waals surface area contributed by atoms with Gasteiger partial charge in [-0.2, -0.15) is 0 Å². The number of hydrogen-bond donors (Lipinski definition) is 2. The van der Waals surface area contributed by atoms with Crippen LogP contribution >= 0.6 is 0 Å². The number of aliphatic imine (C=N–C) groups is 1. The van der Waals surface area contributed by atoms with Gasteiger partial charge >= 0.3 is 0 Å². The molecule has 1 aliphatic heterocycles. The Morgan fingerprint density at radius 2 is 1.78 bits per heavy atom. The number of carbonyl (C=O) groups excluding carboxylic acids is 1. The SMILES string of the molecule is COc1ccc(NC2=N/C(=C\c3ccc(C)cc3)C(=O)N2)cc1. The molecule has 0 unspecified atom stereocenters. The minimum atomic E-state index is -0.221. The standard InChI is InChI=1S/C18H17N3O2/c1-12-3-5-13(6-4-12)11-16-17(22)21-18(20-16)19-14-7-9-15(23-2)10-8-14/h3-11H,1-2H3,(H2,19,20,21,22)/b16-11-. The Balaban J connectivity index is 1.76. The van der Waals surface area contributed by atoms with Crippen LogP contribution in [0.4, 0.5) is 5.69 Å². The van der Waals surface area contributed by atoms with Gasteiger partial charge in [0.25, 0.3) is 5.91 Å². The van der Waals surface area contributed by atoms with Gasteiger partial charge in [-0.3, -0.25) is 10.1 Å². The van der Waals surface area contributed by atoms with Crippen molar-refractivity contribution >= 4 is 23.6 Å². The van der Waals surface area contributed by atoms with E-state index in [1.54, 1.807) is 13.2 Å². The minimum Gasteiger partial charge on any atom is -0.497 e. The fourth-order valence-corrected chi connectivity index (χ4v) is 2.16. The first-order valence-electron chi connectivity index (χ1n) is 7.23. The van der Waals surface area contributed by atoms with Gasteiger partial charge in [-0.25, -0.2) is 4.99 Å². The average molecular weight is 307 g/mol. The van der Waals surface area contributed by atoms with Gasteiger partial charge in [-0.1, -0.05) is 29.8 Å². The van der Waals surface area contributed by atoms with Crippen LogP contribution < -0.4 is 15.4 Å². The summed E-state index contributed by atoms with van der Waals surface area (Å²) < 4.78 is 5.11. The van der Waals surface area contributed by atoms with Crippen LogP contribution in [0, 0.1) is 6.92 Å². The summed E-state index contributed by atoms with van der Waals surface area (Å²) in [5.41, 5.74) is 3.31. The molecular weight excluding hydrogens is 290 g/mol. The summed E-state index contributed by atoms with van der Waals surface area (Å²) in [6, 6.07) is 15.3. The zero-order valence-corrected chi connectivity index (χ0v) is 13.0. The second-order valence-corrected chi connectivity index (χ2v) is 5.21. The maximum atomic E-state index is 12.0. The highest BCUT2D eigenvalue weighted by atomic mass is 16.5. The number of guanidine groups is 1. The highest BCUT2D eigenvalue weighted by Gasteiger charge is 2.19. The number of benzene rings is 2. The van der Waals surface area contributed by atoms with E-state index in [0.29, 0.717) is 11.7 Å². The van der Waals surface area contributed by atoms with Crippen LogP contribution in [0.1, 0.15) is 11.1 Å². The first-order chi connectivity index (χ1) is 11.1. The zero-order valence-electron chi connectivity index (χ0n) is 13.0. The predicted molar refractivity (Wildman–Crippen MR) is 91.4 cm³/mol. The number of nitrogens with one attached hydrogen (secondary N) is 2. The highest BCUT2D eigenvalue weighted by Crippen LogP contribution is 2.17. The molecule has 5 nitrogen and oxygen atoms in total. The fourth-order valence-electron chi connectivity index (χ4n) is 2.16. The van der Waals surface area contributed by atoms with Crippen molar-refractivity contribution in [2.24, 2.45) is 4.99 Å². The molecule has 0 fully saturated rings. The van der Waals surface area contributed by atoms with E-state index in [1.807, 2.05) is 55.5 Å². The van der Waals surface area contributed by atoms with Crippen molar-refractivity contribution in [3.05, 3.63) is 65.4 Å². The van der Waals surface area contributed by atoms with E-state index in [2.05, 4.69) is 15.6 Å². The van der Waals surface area contributed by atoms with Crippen molar-refractivity contribution in [3.8, 4) is 5.75 Å². The Kier molecular flexibility index (Phi) is 4.10. The summed E-state index contributed by atoms with van der Waals surface area (Å²) in [5.74, 6) is 0.966. The second kappa shape index (κ2) is 6.36. The van der Waals surface area contributed by atoms with Gasteiger partial charge in [0.05, 0.1) is 7.11 Å². The van der Waals surface area contributed by atoms with Crippen LogP contribution in [0.3, 0.4) is 0 Å². The third kappa shape index (κ3) is 3.58. The van der Waals surface area contributed by atoms with Crippen LogP contribution in [0.15, 0.2) is 59.2 Å². The lowest BCUT2D eigenvalue weighted by Gasteiger charge is -2.06. The number of rotatable bonds is 3. The molecule has 1 amide bonds. The van der Waals surface area contributed by atoms with E-state index >= 15 is 0 Å². The van der Waals surface area contributed by atoms with E-state index < -0.39 is 0 Å². The van der Waals surface area contributed by atoms with Crippen molar-refractivity contribution in [3.63, 3.8) is 0 Å². The Labute approximate surface area is 134 Å². The van der Waals surface area contributed by atoms with Crippen molar-refractivity contribution in [2.75, 3.05) is 12.4 Å². The molecule has 2 aromatic rings. The molecule has 0 spiro atoms. The molecule has 0 aromatic heterocycles.